The zero-order valence-electron chi connectivity index (χ0n) is 13.6. The van der Waals surface area contributed by atoms with Gasteiger partial charge in [-0.05, 0) is 65.1 Å². The molecule has 0 aromatic carbocycles. The SMILES string of the molecule is C[C@H]1C[C@@H](C(=O)N2CCCC2CN2CCCC2)CCN1.Cl.Cl. The number of rotatable bonds is 3. The Kier molecular flexibility index (Phi) is 8.47. The molecule has 0 saturated carbocycles. The maximum absolute atomic E-state index is 12.8. The van der Waals surface area contributed by atoms with Crippen LogP contribution < -0.4 is 5.32 Å². The molecule has 1 amide bonds. The van der Waals surface area contributed by atoms with Crippen molar-refractivity contribution in [3.63, 3.8) is 0 Å². The van der Waals surface area contributed by atoms with Gasteiger partial charge in [-0.15, -0.1) is 24.8 Å². The highest BCUT2D eigenvalue weighted by atomic mass is 35.5. The second-order valence-electron chi connectivity index (χ2n) is 6.91. The summed E-state index contributed by atoms with van der Waals surface area (Å²) < 4.78 is 0. The predicted molar refractivity (Wildman–Crippen MR) is 95.1 cm³/mol. The van der Waals surface area contributed by atoms with Crippen LogP contribution >= 0.6 is 24.8 Å². The first-order valence-corrected chi connectivity index (χ1v) is 8.50. The Morgan fingerprint density at radius 3 is 2.50 bits per heavy atom. The smallest absolute Gasteiger partial charge is 0.226 e. The molecule has 6 heteroatoms. The first-order valence-electron chi connectivity index (χ1n) is 8.50. The summed E-state index contributed by atoms with van der Waals surface area (Å²) in [4.78, 5) is 17.6. The van der Waals surface area contributed by atoms with Gasteiger partial charge in [0.1, 0.15) is 0 Å². The molecule has 0 aromatic rings. The van der Waals surface area contributed by atoms with Crippen LogP contribution in [-0.4, -0.2) is 60.5 Å². The first-order chi connectivity index (χ1) is 9.74. The van der Waals surface area contributed by atoms with Gasteiger partial charge >= 0.3 is 0 Å². The lowest BCUT2D eigenvalue weighted by Crippen LogP contribution is -2.48. The van der Waals surface area contributed by atoms with Crippen molar-refractivity contribution in [2.75, 3.05) is 32.7 Å². The Balaban J connectivity index is 0.00000121. The van der Waals surface area contributed by atoms with Crippen LogP contribution in [0.2, 0.25) is 0 Å². The van der Waals surface area contributed by atoms with Crippen LogP contribution in [-0.2, 0) is 4.79 Å². The van der Waals surface area contributed by atoms with E-state index in [1.807, 2.05) is 0 Å². The zero-order chi connectivity index (χ0) is 13.9. The van der Waals surface area contributed by atoms with Gasteiger partial charge in [-0.25, -0.2) is 0 Å². The fourth-order valence-electron chi connectivity index (χ4n) is 4.17. The minimum atomic E-state index is 0. The molecule has 0 aliphatic carbocycles. The number of nitrogens with one attached hydrogen (secondary N) is 1. The molecule has 3 heterocycles. The average molecular weight is 352 g/mol. The minimum absolute atomic E-state index is 0. The van der Waals surface area contributed by atoms with E-state index >= 15 is 0 Å². The van der Waals surface area contributed by atoms with Crippen LogP contribution in [0.3, 0.4) is 0 Å². The van der Waals surface area contributed by atoms with Crippen molar-refractivity contribution in [3.05, 3.63) is 0 Å². The van der Waals surface area contributed by atoms with E-state index < -0.39 is 0 Å². The highest BCUT2D eigenvalue weighted by Gasteiger charge is 2.35. The third-order valence-electron chi connectivity index (χ3n) is 5.30. The molecular weight excluding hydrogens is 321 g/mol. The standard InChI is InChI=1S/C16H29N3O.2ClH/c1-13-11-14(6-7-17-13)16(20)19-10-4-5-15(19)12-18-8-2-3-9-18;;/h13-15,17H,2-12H2,1H3;2*1H/t13-,14-,15?;;/m0../s1. The first kappa shape index (κ1) is 20.0. The summed E-state index contributed by atoms with van der Waals surface area (Å²) >= 11 is 0. The van der Waals surface area contributed by atoms with Crippen LogP contribution in [0.25, 0.3) is 0 Å². The van der Waals surface area contributed by atoms with Gasteiger partial charge in [-0.1, -0.05) is 0 Å². The van der Waals surface area contributed by atoms with Crippen molar-refractivity contribution in [3.8, 4) is 0 Å². The number of hydrogen-bond acceptors (Lipinski definition) is 3. The zero-order valence-corrected chi connectivity index (χ0v) is 15.3. The second-order valence-corrected chi connectivity index (χ2v) is 6.91. The van der Waals surface area contributed by atoms with Crippen molar-refractivity contribution in [1.29, 1.82) is 0 Å². The quantitative estimate of drug-likeness (QED) is 0.847. The number of carbonyl (C=O) groups is 1. The normalized spacial score (nSPS) is 32.4. The lowest BCUT2D eigenvalue weighted by atomic mass is 9.92. The molecule has 3 fully saturated rings. The number of nitrogens with zero attached hydrogens (tertiary/aromatic N) is 2. The van der Waals surface area contributed by atoms with Crippen molar-refractivity contribution in [1.82, 2.24) is 15.1 Å². The Morgan fingerprint density at radius 1 is 1.09 bits per heavy atom. The van der Waals surface area contributed by atoms with Crippen LogP contribution in [0.15, 0.2) is 0 Å². The fraction of sp³-hybridized carbons (Fsp3) is 0.938. The largest absolute Gasteiger partial charge is 0.338 e. The molecule has 0 spiro atoms. The molecule has 0 bridgehead atoms. The van der Waals surface area contributed by atoms with Gasteiger partial charge in [0.2, 0.25) is 5.91 Å². The number of carbonyl (C=O) groups excluding carboxylic acids is 1. The molecule has 1 unspecified atom stereocenters. The molecule has 3 atom stereocenters. The van der Waals surface area contributed by atoms with E-state index in [9.17, 15) is 4.79 Å². The summed E-state index contributed by atoms with van der Waals surface area (Å²) in [5.74, 6) is 0.713. The number of likely N-dealkylation sites (tertiary alicyclic amines) is 2. The Labute approximate surface area is 147 Å². The lowest BCUT2D eigenvalue weighted by molar-refractivity contribution is -0.137. The summed E-state index contributed by atoms with van der Waals surface area (Å²) in [7, 11) is 0. The maximum atomic E-state index is 12.8. The molecule has 4 nitrogen and oxygen atoms in total. The highest BCUT2D eigenvalue weighted by molar-refractivity contribution is 5.85. The number of hydrogen-bond donors (Lipinski definition) is 1. The van der Waals surface area contributed by atoms with Crippen LogP contribution in [0.5, 0.6) is 0 Å². The maximum Gasteiger partial charge on any atom is 0.226 e. The van der Waals surface area contributed by atoms with Gasteiger partial charge in [0.25, 0.3) is 0 Å². The minimum Gasteiger partial charge on any atom is -0.338 e. The molecule has 1 N–H and O–H groups in total. The lowest BCUT2D eigenvalue weighted by Gasteiger charge is -2.34. The Bertz CT molecular complexity index is 350. The van der Waals surface area contributed by atoms with Crippen molar-refractivity contribution in [2.24, 2.45) is 5.92 Å². The third-order valence-corrected chi connectivity index (χ3v) is 5.30. The number of halogens is 2. The van der Waals surface area contributed by atoms with Crippen LogP contribution in [0.1, 0.15) is 45.4 Å². The van der Waals surface area contributed by atoms with Crippen molar-refractivity contribution < 1.29 is 4.79 Å². The third kappa shape index (κ3) is 4.73. The second kappa shape index (κ2) is 9.31. The molecule has 3 rings (SSSR count). The average Bonchev–Trinajstić information content (AvgIpc) is 3.10. The van der Waals surface area contributed by atoms with Gasteiger partial charge in [-0.2, -0.15) is 0 Å². The monoisotopic (exact) mass is 351 g/mol. The molecule has 3 aliphatic rings. The molecule has 0 aromatic heterocycles. The molecule has 130 valence electrons. The summed E-state index contributed by atoms with van der Waals surface area (Å²) in [6, 6.07) is 0.989. The summed E-state index contributed by atoms with van der Waals surface area (Å²) in [5, 5.41) is 3.45. The molecule has 22 heavy (non-hydrogen) atoms. The summed E-state index contributed by atoms with van der Waals surface area (Å²) in [5.41, 5.74) is 0. The van der Waals surface area contributed by atoms with E-state index in [-0.39, 0.29) is 30.7 Å². The van der Waals surface area contributed by atoms with Gasteiger partial charge in [0, 0.05) is 31.1 Å². The van der Waals surface area contributed by atoms with Gasteiger partial charge in [-0.3, -0.25) is 4.79 Å². The summed E-state index contributed by atoms with van der Waals surface area (Å²) in [6.45, 7) is 7.79. The van der Waals surface area contributed by atoms with Crippen LogP contribution in [0.4, 0.5) is 0 Å². The fourth-order valence-corrected chi connectivity index (χ4v) is 4.17. The Hall–Kier alpha value is -0.0300. The molecule has 3 saturated heterocycles. The van der Waals surface area contributed by atoms with Crippen molar-refractivity contribution >= 4 is 30.7 Å². The number of amides is 1. The highest BCUT2D eigenvalue weighted by Crippen LogP contribution is 2.26. The van der Waals surface area contributed by atoms with E-state index in [2.05, 4.69) is 22.0 Å². The van der Waals surface area contributed by atoms with E-state index in [0.717, 1.165) is 32.5 Å². The number of piperidine rings is 1. The van der Waals surface area contributed by atoms with Gasteiger partial charge in [0.05, 0.1) is 0 Å². The molecule has 3 aliphatic heterocycles. The van der Waals surface area contributed by atoms with E-state index in [1.165, 1.54) is 38.8 Å². The molecule has 0 radical (unpaired) electrons. The topological polar surface area (TPSA) is 35.6 Å². The molecular formula is C16H31Cl2N3O. The van der Waals surface area contributed by atoms with Gasteiger partial charge < -0.3 is 15.1 Å². The van der Waals surface area contributed by atoms with Crippen molar-refractivity contribution in [2.45, 2.75) is 57.5 Å². The predicted octanol–water partition coefficient (Wildman–Crippen LogP) is 2.30. The Morgan fingerprint density at radius 2 is 1.82 bits per heavy atom. The summed E-state index contributed by atoms with van der Waals surface area (Å²) in [6.07, 6.45) is 7.13. The van der Waals surface area contributed by atoms with E-state index in [4.69, 9.17) is 0 Å². The van der Waals surface area contributed by atoms with E-state index in [0.29, 0.717) is 18.0 Å². The van der Waals surface area contributed by atoms with Crippen LogP contribution in [0, 0.1) is 5.92 Å². The van der Waals surface area contributed by atoms with Gasteiger partial charge in [0.15, 0.2) is 0 Å². The van der Waals surface area contributed by atoms with E-state index in [1.54, 1.807) is 0 Å².